The van der Waals surface area contributed by atoms with E-state index >= 15 is 0 Å². The lowest BCUT2D eigenvalue weighted by molar-refractivity contribution is -0.133. The second-order valence-electron chi connectivity index (χ2n) is 8.44. The number of hydrogen-bond donors (Lipinski definition) is 1. The molecule has 6 heteroatoms. The molecule has 1 saturated heterocycles. The summed E-state index contributed by atoms with van der Waals surface area (Å²) in [6.45, 7) is 5.82. The Balaban J connectivity index is 1.25. The van der Waals surface area contributed by atoms with Crippen molar-refractivity contribution in [1.29, 1.82) is 0 Å². The maximum absolute atomic E-state index is 12.9. The van der Waals surface area contributed by atoms with Crippen LogP contribution in [0.1, 0.15) is 38.3 Å². The first-order valence-electron chi connectivity index (χ1n) is 9.40. The fraction of sp³-hybridized carbons (Fsp3) is 0.632. The molecule has 1 amide bonds. The normalized spacial score (nSPS) is 31.5. The predicted molar refractivity (Wildman–Crippen MR) is 95.4 cm³/mol. The minimum Gasteiger partial charge on any atom is -0.351 e. The van der Waals surface area contributed by atoms with Crippen molar-refractivity contribution < 1.29 is 4.79 Å². The Labute approximate surface area is 147 Å². The van der Waals surface area contributed by atoms with E-state index in [-0.39, 0.29) is 17.4 Å². The van der Waals surface area contributed by atoms with E-state index in [0.29, 0.717) is 5.92 Å². The van der Waals surface area contributed by atoms with Crippen LogP contribution in [0.15, 0.2) is 18.5 Å². The summed E-state index contributed by atoms with van der Waals surface area (Å²) in [6.07, 6.45) is 8.56. The molecule has 2 saturated carbocycles. The lowest BCUT2D eigenvalue weighted by atomic mass is 9.74. The zero-order valence-electron chi connectivity index (χ0n) is 14.9. The second-order valence-corrected chi connectivity index (χ2v) is 8.44. The average molecular weight is 339 g/mol. The van der Waals surface area contributed by atoms with Crippen LogP contribution in [0.25, 0.3) is 5.52 Å². The summed E-state index contributed by atoms with van der Waals surface area (Å²) < 4.78 is 1.87. The van der Waals surface area contributed by atoms with Crippen LogP contribution < -0.4 is 10.2 Å². The first-order chi connectivity index (χ1) is 12.0. The van der Waals surface area contributed by atoms with Crippen LogP contribution in [-0.4, -0.2) is 39.6 Å². The molecule has 1 aliphatic heterocycles. The Morgan fingerprint density at radius 3 is 2.92 bits per heavy atom. The average Bonchev–Trinajstić information content (AvgIpc) is 3.23. The van der Waals surface area contributed by atoms with Gasteiger partial charge in [0.2, 0.25) is 5.91 Å². The Morgan fingerprint density at radius 2 is 2.20 bits per heavy atom. The molecule has 5 rings (SSSR count). The zero-order chi connectivity index (χ0) is 17.2. The highest BCUT2D eigenvalue weighted by Crippen LogP contribution is 2.55. The highest BCUT2D eigenvalue weighted by atomic mass is 16.2. The van der Waals surface area contributed by atoms with Gasteiger partial charge in [-0.1, -0.05) is 13.3 Å². The molecule has 6 nitrogen and oxygen atoms in total. The van der Waals surface area contributed by atoms with E-state index in [9.17, 15) is 4.79 Å². The van der Waals surface area contributed by atoms with Gasteiger partial charge in [-0.2, -0.15) is 5.10 Å². The van der Waals surface area contributed by atoms with E-state index in [1.54, 1.807) is 6.20 Å². The number of carbonyl (C=O) groups is 1. The van der Waals surface area contributed by atoms with Gasteiger partial charge in [0, 0.05) is 30.9 Å². The van der Waals surface area contributed by atoms with Gasteiger partial charge < -0.3 is 10.2 Å². The van der Waals surface area contributed by atoms with Crippen molar-refractivity contribution in [1.82, 2.24) is 19.9 Å². The third-order valence-corrected chi connectivity index (χ3v) is 6.68. The number of carbonyl (C=O) groups excluding carboxylic acids is 1. The van der Waals surface area contributed by atoms with Crippen LogP contribution in [0.4, 0.5) is 5.82 Å². The number of nitrogens with zero attached hydrogens (tertiary/aromatic N) is 4. The summed E-state index contributed by atoms with van der Waals surface area (Å²) in [7, 11) is 0. The molecule has 2 aromatic heterocycles. The van der Waals surface area contributed by atoms with Crippen LogP contribution in [0.3, 0.4) is 0 Å². The topological polar surface area (TPSA) is 62.5 Å². The van der Waals surface area contributed by atoms with E-state index in [1.807, 2.05) is 17.6 Å². The standard InChI is InChI=1S/C19H25N5O/c1-12-7-16-17(20-5-6-24(16)22-12)23-10-15(11-23)21-18(25)19(2)9-13-3-4-14(19)8-13/h5-7,13-15H,3-4,8-11H2,1-2H3,(H,21,25). The fourth-order valence-electron chi connectivity index (χ4n) is 5.25. The van der Waals surface area contributed by atoms with Gasteiger partial charge >= 0.3 is 0 Å². The SMILES string of the molecule is Cc1cc2c(N3CC(NC(=O)C4(C)CC5CCC4C5)C3)nccn2n1. The quantitative estimate of drug-likeness (QED) is 0.931. The number of anilines is 1. The van der Waals surface area contributed by atoms with E-state index in [4.69, 9.17) is 0 Å². The number of nitrogens with one attached hydrogen (secondary N) is 1. The Morgan fingerprint density at radius 1 is 1.36 bits per heavy atom. The smallest absolute Gasteiger partial charge is 0.226 e. The molecule has 0 aromatic carbocycles. The molecule has 3 unspecified atom stereocenters. The van der Waals surface area contributed by atoms with Crippen LogP contribution >= 0.6 is 0 Å². The molecule has 3 fully saturated rings. The summed E-state index contributed by atoms with van der Waals surface area (Å²) in [4.78, 5) is 19.6. The highest BCUT2D eigenvalue weighted by Gasteiger charge is 2.52. The van der Waals surface area contributed by atoms with Gasteiger partial charge in [0.25, 0.3) is 0 Å². The molecule has 2 aliphatic carbocycles. The first kappa shape index (κ1) is 15.2. The Bertz CT molecular complexity index is 839. The van der Waals surface area contributed by atoms with Crippen LogP contribution in [0, 0.1) is 24.2 Å². The van der Waals surface area contributed by atoms with Gasteiger partial charge in [0.05, 0.1) is 11.7 Å². The zero-order valence-corrected chi connectivity index (χ0v) is 14.9. The highest BCUT2D eigenvalue weighted by molar-refractivity contribution is 5.84. The van der Waals surface area contributed by atoms with Gasteiger partial charge in [-0.3, -0.25) is 4.79 Å². The molecule has 0 spiro atoms. The van der Waals surface area contributed by atoms with E-state index in [2.05, 4.69) is 33.3 Å². The number of amides is 1. The van der Waals surface area contributed by atoms with Gasteiger partial charge in [0.15, 0.2) is 5.82 Å². The predicted octanol–water partition coefficient (Wildman–Crippen LogP) is 2.17. The van der Waals surface area contributed by atoms with Crippen molar-refractivity contribution in [3.05, 3.63) is 24.2 Å². The van der Waals surface area contributed by atoms with Crippen LogP contribution in [0.5, 0.6) is 0 Å². The van der Waals surface area contributed by atoms with Gasteiger partial charge in [0.1, 0.15) is 5.52 Å². The van der Waals surface area contributed by atoms with Crippen LogP contribution in [-0.2, 0) is 4.79 Å². The fourth-order valence-corrected chi connectivity index (χ4v) is 5.25. The second kappa shape index (κ2) is 5.19. The molecule has 1 N–H and O–H groups in total. The molecule has 132 valence electrons. The van der Waals surface area contributed by atoms with Crippen LogP contribution in [0.2, 0.25) is 0 Å². The third kappa shape index (κ3) is 2.26. The summed E-state index contributed by atoms with van der Waals surface area (Å²) in [6, 6.07) is 2.29. The lowest BCUT2D eigenvalue weighted by Gasteiger charge is -2.42. The molecule has 0 radical (unpaired) electrons. The number of aryl methyl sites for hydroxylation is 1. The molecule has 3 atom stereocenters. The minimum absolute atomic E-state index is 0.135. The number of hydrogen-bond acceptors (Lipinski definition) is 4. The molecule has 3 heterocycles. The molecule has 3 aliphatic rings. The van der Waals surface area contributed by atoms with Crippen molar-refractivity contribution in [2.24, 2.45) is 17.3 Å². The molecule has 25 heavy (non-hydrogen) atoms. The van der Waals surface area contributed by atoms with Crippen molar-refractivity contribution in [2.75, 3.05) is 18.0 Å². The van der Waals surface area contributed by atoms with E-state index in [1.165, 1.54) is 19.3 Å². The van der Waals surface area contributed by atoms with E-state index < -0.39 is 0 Å². The van der Waals surface area contributed by atoms with Gasteiger partial charge in [-0.25, -0.2) is 9.50 Å². The van der Waals surface area contributed by atoms with Crippen molar-refractivity contribution in [2.45, 2.75) is 45.6 Å². The maximum atomic E-state index is 12.9. The van der Waals surface area contributed by atoms with Crippen molar-refractivity contribution in [3.8, 4) is 0 Å². The molecule has 2 bridgehead atoms. The number of rotatable bonds is 3. The van der Waals surface area contributed by atoms with Gasteiger partial charge in [-0.15, -0.1) is 0 Å². The molecular formula is C19H25N5O. The van der Waals surface area contributed by atoms with Gasteiger partial charge in [-0.05, 0) is 44.1 Å². The Kier molecular flexibility index (Phi) is 3.15. The lowest BCUT2D eigenvalue weighted by Crippen LogP contribution is -2.62. The van der Waals surface area contributed by atoms with Crippen molar-refractivity contribution >= 4 is 17.2 Å². The number of aromatic nitrogens is 3. The minimum atomic E-state index is -0.135. The van der Waals surface area contributed by atoms with Crippen molar-refractivity contribution in [3.63, 3.8) is 0 Å². The number of fused-ring (bicyclic) bond motifs is 3. The first-order valence-corrected chi connectivity index (χ1v) is 9.40. The Hall–Kier alpha value is -2.11. The maximum Gasteiger partial charge on any atom is 0.226 e. The molecule has 2 aromatic rings. The largest absolute Gasteiger partial charge is 0.351 e. The summed E-state index contributed by atoms with van der Waals surface area (Å²) in [5.74, 6) is 2.61. The summed E-state index contributed by atoms with van der Waals surface area (Å²) >= 11 is 0. The van der Waals surface area contributed by atoms with E-state index in [0.717, 1.165) is 42.5 Å². The molecular weight excluding hydrogens is 314 g/mol. The summed E-state index contributed by atoms with van der Waals surface area (Å²) in [5, 5.41) is 7.75. The monoisotopic (exact) mass is 339 g/mol. The third-order valence-electron chi connectivity index (χ3n) is 6.68. The summed E-state index contributed by atoms with van der Waals surface area (Å²) in [5.41, 5.74) is 1.89.